The van der Waals surface area contributed by atoms with Crippen LogP contribution in [-0.4, -0.2) is 80.4 Å². The number of morpholine rings is 1. The highest BCUT2D eigenvalue weighted by atomic mass is 16.6. The molecular formula is C20H27N3O7. The molecule has 0 aromatic heterocycles. The molecule has 2 atom stereocenters. The van der Waals surface area contributed by atoms with Gasteiger partial charge in [-0.2, -0.15) is 0 Å². The van der Waals surface area contributed by atoms with E-state index in [9.17, 15) is 19.7 Å². The van der Waals surface area contributed by atoms with Crippen molar-refractivity contribution in [3.8, 4) is 0 Å². The lowest BCUT2D eigenvalue weighted by Gasteiger charge is -2.37. The summed E-state index contributed by atoms with van der Waals surface area (Å²) >= 11 is 0. The number of nitro groups is 1. The minimum atomic E-state index is -0.704. The largest absolute Gasteiger partial charge is 0.462 e. The van der Waals surface area contributed by atoms with E-state index < -0.39 is 16.8 Å². The number of carbonyl (C=O) groups excluding carboxylic acids is 2. The van der Waals surface area contributed by atoms with Crippen molar-refractivity contribution in [1.82, 2.24) is 10.2 Å². The number of nitro benzene ring substituents is 1. The molecule has 2 saturated heterocycles. The molecule has 0 bridgehead atoms. The number of nitrogens with zero attached hydrogens (tertiary/aromatic N) is 2. The fourth-order valence-electron chi connectivity index (χ4n) is 3.84. The molecule has 1 N–H and O–H groups in total. The SMILES string of the molecule is CCOC(=O)c1cc(C(=O)NCC(C2CCOC2)N2CCOCC2)cc([N+](=O)[O-])c1. The van der Waals surface area contributed by atoms with Gasteiger partial charge < -0.3 is 19.5 Å². The van der Waals surface area contributed by atoms with Crippen molar-refractivity contribution in [2.45, 2.75) is 19.4 Å². The number of hydrogen-bond acceptors (Lipinski definition) is 8. The highest BCUT2D eigenvalue weighted by Crippen LogP contribution is 2.22. The Hall–Kier alpha value is -2.56. The number of carbonyl (C=O) groups is 2. The van der Waals surface area contributed by atoms with E-state index in [1.807, 2.05) is 0 Å². The standard InChI is InChI=1S/C20H27N3O7/c1-2-30-20(25)16-9-15(10-17(11-16)23(26)27)19(24)21-12-18(14-3-6-29-13-14)22-4-7-28-8-5-22/h9-11,14,18H,2-8,12-13H2,1H3,(H,21,24). The van der Waals surface area contributed by atoms with Gasteiger partial charge in [0, 0.05) is 55.9 Å². The fourth-order valence-corrected chi connectivity index (χ4v) is 3.84. The number of nitrogens with one attached hydrogen (secondary N) is 1. The lowest BCUT2D eigenvalue weighted by atomic mass is 9.96. The molecule has 164 valence electrons. The van der Waals surface area contributed by atoms with Gasteiger partial charge in [0.1, 0.15) is 0 Å². The lowest BCUT2D eigenvalue weighted by molar-refractivity contribution is -0.384. The minimum absolute atomic E-state index is 0.0230. The summed E-state index contributed by atoms with van der Waals surface area (Å²) in [5.74, 6) is -0.880. The summed E-state index contributed by atoms with van der Waals surface area (Å²) in [6, 6.07) is 3.69. The molecule has 2 aliphatic heterocycles. The van der Waals surface area contributed by atoms with Gasteiger partial charge in [-0.1, -0.05) is 0 Å². The second kappa shape index (κ2) is 10.5. The monoisotopic (exact) mass is 421 g/mol. The van der Waals surface area contributed by atoms with Crippen LogP contribution in [0.15, 0.2) is 18.2 Å². The maximum Gasteiger partial charge on any atom is 0.338 e. The summed E-state index contributed by atoms with van der Waals surface area (Å²) in [7, 11) is 0. The summed E-state index contributed by atoms with van der Waals surface area (Å²) < 4.78 is 15.9. The zero-order chi connectivity index (χ0) is 21.5. The summed E-state index contributed by atoms with van der Waals surface area (Å²) in [5.41, 5.74) is -0.305. The van der Waals surface area contributed by atoms with Crippen LogP contribution in [0.1, 0.15) is 34.1 Å². The van der Waals surface area contributed by atoms with Crippen molar-refractivity contribution < 1.29 is 28.7 Å². The molecule has 1 aromatic carbocycles. The molecule has 10 nitrogen and oxygen atoms in total. The average Bonchev–Trinajstić information content (AvgIpc) is 3.29. The predicted octanol–water partition coefficient (Wildman–Crippen LogP) is 1.24. The highest BCUT2D eigenvalue weighted by Gasteiger charge is 2.32. The molecule has 1 amide bonds. The molecule has 10 heteroatoms. The Bertz CT molecular complexity index is 774. The minimum Gasteiger partial charge on any atom is -0.462 e. The smallest absolute Gasteiger partial charge is 0.338 e. The molecule has 2 fully saturated rings. The number of non-ortho nitro benzene ring substituents is 1. The van der Waals surface area contributed by atoms with E-state index in [2.05, 4.69) is 10.2 Å². The Labute approximate surface area is 174 Å². The topological polar surface area (TPSA) is 120 Å². The van der Waals surface area contributed by atoms with Gasteiger partial charge in [-0.25, -0.2) is 4.79 Å². The average molecular weight is 421 g/mol. The molecule has 2 heterocycles. The molecule has 0 saturated carbocycles. The molecule has 3 rings (SSSR count). The zero-order valence-corrected chi connectivity index (χ0v) is 17.0. The zero-order valence-electron chi connectivity index (χ0n) is 17.0. The van der Waals surface area contributed by atoms with Crippen LogP contribution in [0.25, 0.3) is 0 Å². The number of hydrogen-bond donors (Lipinski definition) is 1. The van der Waals surface area contributed by atoms with Gasteiger partial charge in [-0.3, -0.25) is 19.8 Å². The van der Waals surface area contributed by atoms with Crippen molar-refractivity contribution in [2.75, 3.05) is 52.7 Å². The van der Waals surface area contributed by atoms with Gasteiger partial charge in [-0.15, -0.1) is 0 Å². The van der Waals surface area contributed by atoms with Gasteiger partial charge in [0.05, 0.1) is 36.9 Å². The number of rotatable bonds is 8. The van der Waals surface area contributed by atoms with Crippen LogP contribution >= 0.6 is 0 Å². The molecule has 2 aliphatic rings. The van der Waals surface area contributed by atoms with Crippen molar-refractivity contribution in [2.24, 2.45) is 5.92 Å². The van der Waals surface area contributed by atoms with Crippen molar-refractivity contribution >= 4 is 17.6 Å². The van der Waals surface area contributed by atoms with E-state index >= 15 is 0 Å². The Balaban J connectivity index is 1.74. The molecule has 30 heavy (non-hydrogen) atoms. The first kappa shape index (κ1) is 22.1. The number of benzene rings is 1. The molecule has 1 aromatic rings. The Morgan fingerprint density at radius 2 is 1.97 bits per heavy atom. The van der Waals surface area contributed by atoms with Crippen molar-refractivity contribution in [3.63, 3.8) is 0 Å². The van der Waals surface area contributed by atoms with Crippen LogP contribution in [0, 0.1) is 16.0 Å². The lowest BCUT2D eigenvalue weighted by Crippen LogP contribution is -2.52. The van der Waals surface area contributed by atoms with Crippen LogP contribution in [0.3, 0.4) is 0 Å². The Morgan fingerprint density at radius 3 is 2.60 bits per heavy atom. The molecule has 0 spiro atoms. The van der Waals surface area contributed by atoms with Crippen LogP contribution in [0.2, 0.25) is 0 Å². The first-order chi connectivity index (χ1) is 14.5. The maximum absolute atomic E-state index is 12.8. The maximum atomic E-state index is 12.8. The van der Waals surface area contributed by atoms with Gasteiger partial charge in [-0.05, 0) is 19.4 Å². The van der Waals surface area contributed by atoms with E-state index in [0.717, 1.165) is 25.6 Å². The van der Waals surface area contributed by atoms with Crippen molar-refractivity contribution in [1.29, 1.82) is 0 Å². The summed E-state index contributed by atoms with van der Waals surface area (Å²) in [5, 5.41) is 14.1. The third kappa shape index (κ3) is 5.53. The van der Waals surface area contributed by atoms with Gasteiger partial charge in [0.25, 0.3) is 11.6 Å². The predicted molar refractivity (Wildman–Crippen MR) is 106 cm³/mol. The van der Waals surface area contributed by atoms with E-state index in [4.69, 9.17) is 14.2 Å². The van der Waals surface area contributed by atoms with E-state index in [1.165, 1.54) is 12.1 Å². The van der Waals surface area contributed by atoms with Crippen molar-refractivity contribution in [3.05, 3.63) is 39.4 Å². The molecule has 0 aliphatic carbocycles. The van der Waals surface area contributed by atoms with Crippen LogP contribution < -0.4 is 5.32 Å². The Morgan fingerprint density at radius 1 is 1.23 bits per heavy atom. The van der Waals surface area contributed by atoms with Crippen LogP contribution in [0.4, 0.5) is 5.69 Å². The van der Waals surface area contributed by atoms with Gasteiger partial charge in [0.15, 0.2) is 0 Å². The van der Waals surface area contributed by atoms with Gasteiger partial charge in [0.2, 0.25) is 0 Å². The number of esters is 1. The quantitative estimate of drug-likeness (QED) is 0.378. The van der Waals surface area contributed by atoms with Gasteiger partial charge >= 0.3 is 5.97 Å². The number of amides is 1. The third-order valence-corrected chi connectivity index (χ3v) is 5.40. The van der Waals surface area contributed by atoms with E-state index in [0.29, 0.717) is 38.9 Å². The first-order valence-electron chi connectivity index (χ1n) is 10.1. The van der Waals surface area contributed by atoms with Crippen LogP contribution in [0.5, 0.6) is 0 Å². The second-order valence-corrected chi connectivity index (χ2v) is 7.30. The summed E-state index contributed by atoms with van der Waals surface area (Å²) in [6.45, 7) is 6.34. The molecule has 0 radical (unpaired) electrons. The molecule has 2 unspecified atom stereocenters. The highest BCUT2D eigenvalue weighted by molar-refractivity contribution is 5.99. The normalized spacial score (nSPS) is 20.5. The fraction of sp³-hybridized carbons (Fsp3) is 0.600. The third-order valence-electron chi connectivity index (χ3n) is 5.40. The van der Waals surface area contributed by atoms with E-state index in [-0.39, 0.29) is 29.5 Å². The first-order valence-corrected chi connectivity index (χ1v) is 10.1. The Kier molecular flexibility index (Phi) is 7.72. The van der Waals surface area contributed by atoms with E-state index in [1.54, 1.807) is 6.92 Å². The second-order valence-electron chi connectivity index (χ2n) is 7.30. The van der Waals surface area contributed by atoms with Crippen LogP contribution in [-0.2, 0) is 14.2 Å². The molecular weight excluding hydrogens is 394 g/mol. The number of ether oxygens (including phenoxy) is 3. The summed E-state index contributed by atoms with van der Waals surface area (Å²) in [4.78, 5) is 37.7. The summed E-state index contributed by atoms with van der Waals surface area (Å²) in [6.07, 6.45) is 0.918.